The number of aryl methyl sites for hydroxylation is 1. The van der Waals surface area contributed by atoms with Gasteiger partial charge in [-0.15, -0.1) is 12.4 Å². The van der Waals surface area contributed by atoms with Gasteiger partial charge in [-0.2, -0.15) is 0 Å². The lowest BCUT2D eigenvalue weighted by molar-refractivity contribution is -0.121. The molecular weight excluding hydrogens is 278 g/mol. The van der Waals surface area contributed by atoms with Crippen LogP contribution in [0.25, 0.3) is 0 Å². The molecule has 0 aliphatic rings. The first-order chi connectivity index (χ1) is 9.02. The molecular formula is C14H22ClN3O2. The highest BCUT2D eigenvalue weighted by atomic mass is 35.5. The molecule has 1 aromatic rings. The number of anilines is 2. The number of carbonyl (C=O) groups excluding carboxylic acids is 2. The van der Waals surface area contributed by atoms with Gasteiger partial charge in [0.1, 0.15) is 0 Å². The van der Waals surface area contributed by atoms with Crippen LogP contribution in [0.2, 0.25) is 0 Å². The SMILES string of the molecule is CCNC(=O)CCCC(=O)Nc1cc(N)ccc1C.Cl. The van der Waals surface area contributed by atoms with Gasteiger partial charge in [0.15, 0.2) is 0 Å². The smallest absolute Gasteiger partial charge is 0.224 e. The van der Waals surface area contributed by atoms with E-state index in [2.05, 4.69) is 10.6 Å². The maximum absolute atomic E-state index is 11.7. The average molecular weight is 300 g/mol. The van der Waals surface area contributed by atoms with Crippen molar-refractivity contribution >= 4 is 35.6 Å². The highest BCUT2D eigenvalue weighted by molar-refractivity contribution is 5.92. The largest absolute Gasteiger partial charge is 0.399 e. The van der Waals surface area contributed by atoms with Crippen LogP contribution in [0.4, 0.5) is 11.4 Å². The minimum absolute atomic E-state index is 0. The van der Waals surface area contributed by atoms with Crippen LogP contribution in [0.3, 0.4) is 0 Å². The third-order valence-corrected chi connectivity index (χ3v) is 2.72. The fraction of sp³-hybridized carbons (Fsp3) is 0.429. The molecule has 0 bridgehead atoms. The van der Waals surface area contributed by atoms with Crippen LogP contribution in [-0.2, 0) is 9.59 Å². The van der Waals surface area contributed by atoms with Crippen LogP contribution in [0, 0.1) is 6.92 Å². The number of hydrogen-bond acceptors (Lipinski definition) is 3. The third kappa shape index (κ3) is 6.43. The lowest BCUT2D eigenvalue weighted by Crippen LogP contribution is -2.22. The molecule has 0 aromatic heterocycles. The average Bonchev–Trinajstić information content (AvgIpc) is 2.34. The van der Waals surface area contributed by atoms with Crippen molar-refractivity contribution in [3.63, 3.8) is 0 Å². The van der Waals surface area contributed by atoms with Gasteiger partial charge in [0, 0.05) is 30.8 Å². The number of nitrogens with two attached hydrogens (primary N) is 1. The van der Waals surface area contributed by atoms with Gasteiger partial charge in [-0.25, -0.2) is 0 Å². The monoisotopic (exact) mass is 299 g/mol. The predicted molar refractivity (Wildman–Crippen MR) is 84.0 cm³/mol. The second-order valence-corrected chi connectivity index (χ2v) is 4.43. The zero-order valence-electron chi connectivity index (χ0n) is 11.9. The van der Waals surface area contributed by atoms with Crippen molar-refractivity contribution in [1.29, 1.82) is 0 Å². The molecule has 0 fully saturated rings. The summed E-state index contributed by atoms with van der Waals surface area (Å²) in [5, 5.41) is 5.50. The summed E-state index contributed by atoms with van der Waals surface area (Å²) in [5.74, 6) is -0.117. The molecule has 0 saturated heterocycles. The van der Waals surface area contributed by atoms with Crippen LogP contribution in [0.1, 0.15) is 31.7 Å². The van der Waals surface area contributed by atoms with E-state index in [0.717, 1.165) is 11.3 Å². The molecule has 2 amide bonds. The van der Waals surface area contributed by atoms with E-state index in [4.69, 9.17) is 5.73 Å². The van der Waals surface area contributed by atoms with E-state index < -0.39 is 0 Å². The summed E-state index contributed by atoms with van der Waals surface area (Å²) >= 11 is 0. The Morgan fingerprint density at radius 1 is 1.20 bits per heavy atom. The fourth-order valence-electron chi connectivity index (χ4n) is 1.68. The molecule has 0 heterocycles. The van der Waals surface area contributed by atoms with E-state index in [-0.39, 0.29) is 24.2 Å². The van der Waals surface area contributed by atoms with E-state index in [1.54, 1.807) is 12.1 Å². The highest BCUT2D eigenvalue weighted by Gasteiger charge is 2.06. The molecule has 0 unspecified atom stereocenters. The molecule has 0 aliphatic carbocycles. The Hall–Kier alpha value is -1.75. The van der Waals surface area contributed by atoms with Gasteiger partial charge in [-0.1, -0.05) is 6.07 Å². The van der Waals surface area contributed by atoms with Crippen LogP contribution >= 0.6 is 12.4 Å². The Balaban J connectivity index is 0.00000361. The Kier molecular flexibility index (Phi) is 8.40. The Morgan fingerprint density at radius 2 is 1.85 bits per heavy atom. The molecule has 0 saturated carbocycles. The maximum Gasteiger partial charge on any atom is 0.224 e. The first-order valence-corrected chi connectivity index (χ1v) is 6.45. The quantitative estimate of drug-likeness (QED) is 0.704. The number of halogens is 1. The third-order valence-electron chi connectivity index (χ3n) is 2.72. The number of amides is 2. The van der Waals surface area contributed by atoms with Crippen molar-refractivity contribution in [3.8, 4) is 0 Å². The molecule has 0 atom stereocenters. The van der Waals surface area contributed by atoms with Gasteiger partial charge in [0.2, 0.25) is 11.8 Å². The lowest BCUT2D eigenvalue weighted by atomic mass is 10.1. The number of nitrogen functional groups attached to an aromatic ring is 1. The van der Waals surface area contributed by atoms with Crippen molar-refractivity contribution in [2.24, 2.45) is 0 Å². The summed E-state index contributed by atoms with van der Waals surface area (Å²) in [6.07, 6.45) is 1.24. The summed E-state index contributed by atoms with van der Waals surface area (Å²) in [7, 11) is 0. The molecule has 1 aromatic carbocycles. The Labute approximate surface area is 125 Å². The fourth-order valence-corrected chi connectivity index (χ4v) is 1.68. The highest BCUT2D eigenvalue weighted by Crippen LogP contribution is 2.18. The van der Waals surface area contributed by atoms with E-state index in [1.807, 2.05) is 19.9 Å². The van der Waals surface area contributed by atoms with Gasteiger partial charge < -0.3 is 16.4 Å². The van der Waals surface area contributed by atoms with Crippen LogP contribution < -0.4 is 16.4 Å². The predicted octanol–water partition coefficient (Wildman–Crippen LogP) is 2.24. The minimum Gasteiger partial charge on any atom is -0.399 e. The molecule has 0 aliphatic heterocycles. The molecule has 0 spiro atoms. The molecule has 1 rings (SSSR count). The molecule has 112 valence electrons. The summed E-state index contributed by atoms with van der Waals surface area (Å²) in [6, 6.07) is 5.39. The van der Waals surface area contributed by atoms with E-state index in [9.17, 15) is 9.59 Å². The van der Waals surface area contributed by atoms with Crippen LogP contribution in [0.15, 0.2) is 18.2 Å². The van der Waals surface area contributed by atoms with E-state index >= 15 is 0 Å². The molecule has 0 radical (unpaired) electrons. The molecule has 20 heavy (non-hydrogen) atoms. The van der Waals surface area contributed by atoms with Crippen LogP contribution in [0.5, 0.6) is 0 Å². The second kappa shape index (κ2) is 9.20. The van der Waals surface area contributed by atoms with Gasteiger partial charge in [-0.3, -0.25) is 9.59 Å². The number of rotatable bonds is 6. The van der Waals surface area contributed by atoms with E-state index in [0.29, 0.717) is 31.5 Å². The van der Waals surface area contributed by atoms with Gasteiger partial charge in [0.25, 0.3) is 0 Å². The number of hydrogen-bond donors (Lipinski definition) is 3. The molecule has 5 nitrogen and oxygen atoms in total. The topological polar surface area (TPSA) is 84.2 Å². The van der Waals surface area contributed by atoms with Crippen molar-refractivity contribution in [2.45, 2.75) is 33.1 Å². The number of benzene rings is 1. The summed E-state index contributed by atoms with van der Waals surface area (Å²) < 4.78 is 0. The minimum atomic E-state index is -0.0991. The van der Waals surface area contributed by atoms with Crippen molar-refractivity contribution < 1.29 is 9.59 Å². The second-order valence-electron chi connectivity index (χ2n) is 4.43. The van der Waals surface area contributed by atoms with Crippen LogP contribution in [-0.4, -0.2) is 18.4 Å². The summed E-state index contributed by atoms with van der Waals surface area (Å²) in [5.41, 5.74) is 7.98. The maximum atomic E-state index is 11.7. The number of carbonyl (C=O) groups is 2. The summed E-state index contributed by atoms with van der Waals surface area (Å²) in [4.78, 5) is 23.0. The first kappa shape index (κ1) is 18.2. The number of nitrogens with one attached hydrogen (secondary N) is 2. The lowest BCUT2D eigenvalue weighted by Gasteiger charge is -2.09. The standard InChI is InChI=1S/C14H21N3O2.ClH/c1-3-16-13(18)5-4-6-14(19)17-12-9-11(15)8-7-10(12)2;/h7-9H,3-6,15H2,1-2H3,(H,16,18)(H,17,19);1H. The van der Waals surface area contributed by atoms with Gasteiger partial charge >= 0.3 is 0 Å². The normalized spacial score (nSPS) is 9.50. The van der Waals surface area contributed by atoms with Crippen molar-refractivity contribution in [3.05, 3.63) is 23.8 Å². The summed E-state index contributed by atoms with van der Waals surface area (Å²) in [6.45, 7) is 4.39. The van der Waals surface area contributed by atoms with Gasteiger partial charge in [0.05, 0.1) is 0 Å². The van der Waals surface area contributed by atoms with Crippen molar-refractivity contribution in [1.82, 2.24) is 5.32 Å². The Morgan fingerprint density at radius 3 is 2.50 bits per heavy atom. The van der Waals surface area contributed by atoms with Gasteiger partial charge in [-0.05, 0) is 38.0 Å². The van der Waals surface area contributed by atoms with Crippen molar-refractivity contribution in [2.75, 3.05) is 17.6 Å². The first-order valence-electron chi connectivity index (χ1n) is 6.45. The zero-order chi connectivity index (χ0) is 14.3. The van der Waals surface area contributed by atoms with E-state index in [1.165, 1.54) is 0 Å². The Bertz CT molecular complexity index is 464. The molecule has 6 heteroatoms. The molecule has 4 N–H and O–H groups in total. The zero-order valence-corrected chi connectivity index (χ0v) is 12.7.